The third-order valence-electron chi connectivity index (χ3n) is 5.55. The van der Waals surface area contributed by atoms with Gasteiger partial charge in [-0.05, 0) is 81.6 Å². The normalized spacial score (nSPS) is 13.6. The summed E-state index contributed by atoms with van der Waals surface area (Å²) in [5, 5.41) is 2.53. The average molecular weight is 375 g/mol. The lowest BCUT2D eigenvalue weighted by Crippen LogP contribution is -1.93. The maximum absolute atomic E-state index is 4.21. The summed E-state index contributed by atoms with van der Waals surface area (Å²) in [6, 6.07) is 19.5. The summed E-state index contributed by atoms with van der Waals surface area (Å²) in [6.45, 7) is 12.5. The van der Waals surface area contributed by atoms with Crippen molar-refractivity contribution in [3.63, 3.8) is 0 Å². The first kappa shape index (κ1) is 19.0. The number of fused-ring (bicyclic) bond motifs is 1. The minimum Gasteiger partial charge on any atom is -0.0984 e. The zero-order valence-corrected chi connectivity index (χ0v) is 17.2. The van der Waals surface area contributed by atoms with E-state index < -0.39 is 0 Å². The molecule has 0 radical (unpaired) electrons. The molecule has 29 heavy (non-hydrogen) atoms. The SMILES string of the molecule is C=Cc1ccc2cc(C3=CCC=C(c4ccccc4)C=C3)cc(C)c2c1C(=C)C. The van der Waals surface area contributed by atoms with Gasteiger partial charge in [-0.3, -0.25) is 0 Å². The molecule has 0 N–H and O–H groups in total. The van der Waals surface area contributed by atoms with Crippen molar-refractivity contribution in [1.82, 2.24) is 0 Å². The molecule has 4 rings (SSSR count). The van der Waals surface area contributed by atoms with E-state index in [1.165, 1.54) is 44.2 Å². The molecule has 0 heterocycles. The summed E-state index contributed by atoms with van der Waals surface area (Å²) in [5.74, 6) is 0. The summed E-state index contributed by atoms with van der Waals surface area (Å²) >= 11 is 0. The van der Waals surface area contributed by atoms with Crippen LogP contribution in [-0.4, -0.2) is 0 Å². The van der Waals surface area contributed by atoms with Crippen LogP contribution < -0.4 is 0 Å². The van der Waals surface area contributed by atoms with Crippen LogP contribution in [0.3, 0.4) is 0 Å². The van der Waals surface area contributed by atoms with Gasteiger partial charge in [0.15, 0.2) is 0 Å². The number of aryl methyl sites for hydroxylation is 1. The molecule has 0 aromatic heterocycles. The molecule has 0 saturated heterocycles. The van der Waals surface area contributed by atoms with Gasteiger partial charge in [-0.15, -0.1) is 0 Å². The minimum absolute atomic E-state index is 0.927. The Hall–Kier alpha value is -3.38. The second-order valence-electron chi connectivity index (χ2n) is 7.66. The zero-order valence-electron chi connectivity index (χ0n) is 17.2. The first-order valence-corrected chi connectivity index (χ1v) is 10.1. The van der Waals surface area contributed by atoms with Crippen molar-refractivity contribution >= 4 is 33.6 Å². The third kappa shape index (κ3) is 3.67. The van der Waals surface area contributed by atoms with Crippen LogP contribution in [-0.2, 0) is 0 Å². The van der Waals surface area contributed by atoms with Gasteiger partial charge in [-0.2, -0.15) is 0 Å². The molecule has 1 aliphatic carbocycles. The van der Waals surface area contributed by atoms with Gasteiger partial charge in [0.05, 0.1) is 0 Å². The van der Waals surface area contributed by atoms with Crippen LogP contribution in [0.5, 0.6) is 0 Å². The van der Waals surface area contributed by atoms with Gasteiger partial charge in [0, 0.05) is 0 Å². The van der Waals surface area contributed by atoms with Crippen LogP contribution in [0.15, 0.2) is 92.1 Å². The van der Waals surface area contributed by atoms with Gasteiger partial charge in [0.1, 0.15) is 0 Å². The van der Waals surface area contributed by atoms with Crippen LogP contribution >= 0.6 is 0 Å². The van der Waals surface area contributed by atoms with Crippen LogP contribution in [0.25, 0.3) is 33.6 Å². The van der Waals surface area contributed by atoms with Crippen LogP contribution in [0.1, 0.15) is 41.2 Å². The Morgan fingerprint density at radius 2 is 1.59 bits per heavy atom. The fraction of sp³-hybridized carbons (Fsp3) is 0.103. The van der Waals surface area contributed by atoms with Gasteiger partial charge in [0.25, 0.3) is 0 Å². The van der Waals surface area contributed by atoms with E-state index in [9.17, 15) is 0 Å². The van der Waals surface area contributed by atoms with E-state index in [1.807, 2.05) is 6.08 Å². The lowest BCUT2D eigenvalue weighted by Gasteiger charge is -2.15. The highest BCUT2D eigenvalue weighted by atomic mass is 14.2. The van der Waals surface area contributed by atoms with Crippen molar-refractivity contribution in [3.05, 3.63) is 120 Å². The molecule has 0 aliphatic heterocycles. The molecule has 0 nitrogen and oxygen atoms in total. The van der Waals surface area contributed by atoms with E-state index in [2.05, 4.69) is 106 Å². The number of allylic oxidation sites excluding steroid dienone is 7. The van der Waals surface area contributed by atoms with Crippen molar-refractivity contribution in [3.8, 4) is 0 Å². The lowest BCUT2D eigenvalue weighted by atomic mass is 9.89. The van der Waals surface area contributed by atoms with Gasteiger partial charge in [0.2, 0.25) is 0 Å². The number of rotatable bonds is 4. The maximum Gasteiger partial charge on any atom is -0.00732 e. The Morgan fingerprint density at radius 1 is 0.897 bits per heavy atom. The first-order valence-electron chi connectivity index (χ1n) is 10.1. The third-order valence-corrected chi connectivity index (χ3v) is 5.55. The molecule has 3 aromatic carbocycles. The Kier molecular flexibility index (Phi) is 5.18. The standard InChI is InChI=1S/C29H26/c1-5-22-14-17-26-19-27(18-21(4)29(26)28(22)20(2)3)25-13-9-12-24(15-16-25)23-10-7-6-8-11-23/h5-8,10-19H,1-2,9H2,3-4H3. The van der Waals surface area contributed by atoms with Crippen LogP contribution in [0, 0.1) is 6.92 Å². The fourth-order valence-corrected chi connectivity index (χ4v) is 4.18. The molecule has 0 spiro atoms. The molecule has 0 amide bonds. The second kappa shape index (κ2) is 7.93. The second-order valence-corrected chi connectivity index (χ2v) is 7.66. The largest absolute Gasteiger partial charge is 0.0984 e. The Bertz CT molecular complexity index is 1200. The molecular formula is C29H26. The molecule has 0 saturated carbocycles. The molecule has 1 aliphatic rings. The highest BCUT2D eigenvalue weighted by Gasteiger charge is 2.12. The molecule has 0 atom stereocenters. The van der Waals surface area contributed by atoms with Crippen LogP contribution in [0.2, 0.25) is 0 Å². The van der Waals surface area contributed by atoms with E-state index in [0.29, 0.717) is 0 Å². The molecule has 142 valence electrons. The number of hydrogen-bond donors (Lipinski definition) is 0. The summed E-state index contributed by atoms with van der Waals surface area (Å²) in [6.07, 6.45) is 11.9. The molecule has 0 fully saturated rings. The predicted octanol–water partition coefficient (Wildman–Crippen LogP) is 8.25. The van der Waals surface area contributed by atoms with Crippen molar-refractivity contribution in [2.45, 2.75) is 20.3 Å². The Morgan fingerprint density at radius 3 is 2.24 bits per heavy atom. The minimum atomic E-state index is 0.927. The molecular weight excluding hydrogens is 348 g/mol. The lowest BCUT2D eigenvalue weighted by molar-refractivity contribution is 1.40. The highest BCUT2D eigenvalue weighted by molar-refractivity contribution is 6.00. The summed E-state index contributed by atoms with van der Waals surface area (Å²) in [7, 11) is 0. The molecule has 0 bridgehead atoms. The van der Waals surface area contributed by atoms with Crippen molar-refractivity contribution in [2.75, 3.05) is 0 Å². The summed E-state index contributed by atoms with van der Waals surface area (Å²) in [5.41, 5.74) is 9.76. The van der Waals surface area contributed by atoms with Crippen molar-refractivity contribution < 1.29 is 0 Å². The fourth-order valence-electron chi connectivity index (χ4n) is 4.18. The quantitative estimate of drug-likeness (QED) is 0.431. The molecule has 3 aromatic rings. The summed E-state index contributed by atoms with van der Waals surface area (Å²) < 4.78 is 0. The first-order chi connectivity index (χ1) is 14.1. The van der Waals surface area contributed by atoms with E-state index in [4.69, 9.17) is 0 Å². The van der Waals surface area contributed by atoms with Gasteiger partial charge in [-0.1, -0.05) is 92.1 Å². The zero-order chi connectivity index (χ0) is 20.4. The average Bonchev–Trinajstić information content (AvgIpc) is 2.99. The van der Waals surface area contributed by atoms with E-state index in [0.717, 1.165) is 17.6 Å². The Labute approximate surface area is 173 Å². The van der Waals surface area contributed by atoms with Gasteiger partial charge in [-0.25, -0.2) is 0 Å². The molecule has 0 unspecified atom stereocenters. The Balaban J connectivity index is 1.77. The monoisotopic (exact) mass is 374 g/mol. The van der Waals surface area contributed by atoms with E-state index in [1.54, 1.807) is 0 Å². The van der Waals surface area contributed by atoms with Crippen molar-refractivity contribution in [2.24, 2.45) is 0 Å². The van der Waals surface area contributed by atoms with E-state index in [-0.39, 0.29) is 0 Å². The molecule has 0 heteroatoms. The predicted molar refractivity (Wildman–Crippen MR) is 130 cm³/mol. The maximum atomic E-state index is 4.21. The van der Waals surface area contributed by atoms with Crippen LogP contribution in [0.4, 0.5) is 0 Å². The van der Waals surface area contributed by atoms with Gasteiger partial charge < -0.3 is 0 Å². The summed E-state index contributed by atoms with van der Waals surface area (Å²) in [4.78, 5) is 0. The highest BCUT2D eigenvalue weighted by Crippen LogP contribution is 2.34. The number of benzene rings is 3. The number of hydrogen-bond acceptors (Lipinski definition) is 0. The van der Waals surface area contributed by atoms with Crippen molar-refractivity contribution in [1.29, 1.82) is 0 Å². The van der Waals surface area contributed by atoms with E-state index >= 15 is 0 Å². The van der Waals surface area contributed by atoms with Gasteiger partial charge >= 0.3 is 0 Å². The topological polar surface area (TPSA) is 0 Å². The smallest absolute Gasteiger partial charge is 0.00732 e.